The lowest BCUT2D eigenvalue weighted by atomic mass is 10.1. The maximum atomic E-state index is 11.7. The van der Waals surface area contributed by atoms with E-state index in [1.165, 1.54) is 29.0 Å². The first-order valence-corrected chi connectivity index (χ1v) is 4.92. The fourth-order valence-electron chi connectivity index (χ4n) is 1.42. The Bertz CT molecular complexity index is 457. The average Bonchev–Trinajstić information content (AvgIpc) is 2.26. The van der Waals surface area contributed by atoms with Crippen molar-refractivity contribution in [3.8, 4) is 0 Å². The molecule has 0 bridgehead atoms. The van der Waals surface area contributed by atoms with Crippen molar-refractivity contribution in [1.82, 2.24) is 4.90 Å². The summed E-state index contributed by atoms with van der Waals surface area (Å²) < 4.78 is 0. The lowest BCUT2D eigenvalue weighted by molar-refractivity contribution is 0.0698. The van der Waals surface area contributed by atoms with Crippen molar-refractivity contribution in [2.75, 3.05) is 31.8 Å². The number of carbonyl (C=O) groups is 2. The van der Waals surface area contributed by atoms with Gasteiger partial charge in [-0.05, 0) is 18.2 Å². The molecule has 0 radical (unpaired) electrons. The summed E-state index contributed by atoms with van der Waals surface area (Å²) in [6.45, 7) is 0. The summed E-state index contributed by atoms with van der Waals surface area (Å²) in [7, 11) is 4.70. The molecule has 0 saturated carbocycles. The second kappa shape index (κ2) is 4.73. The third-order valence-corrected chi connectivity index (χ3v) is 2.28. The number of hydrogen-bond acceptors (Lipinski definition) is 3. The molecule has 0 aromatic heterocycles. The Morgan fingerprint density at radius 2 is 1.82 bits per heavy atom. The SMILES string of the molecule is CN(C)C(=O)N(C)c1ccc(N)cc1C(=O)O. The predicted octanol–water partition coefficient (Wildman–Crippen LogP) is 1.08. The molecule has 0 atom stereocenters. The molecule has 0 heterocycles. The topological polar surface area (TPSA) is 86.9 Å². The summed E-state index contributed by atoms with van der Waals surface area (Å²) in [6, 6.07) is 4.09. The molecule has 1 aromatic rings. The number of anilines is 2. The van der Waals surface area contributed by atoms with Gasteiger partial charge in [-0.3, -0.25) is 4.90 Å². The van der Waals surface area contributed by atoms with E-state index in [0.29, 0.717) is 11.4 Å². The zero-order valence-corrected chi connectivity index (χ0v) is 9.97. The Labute approximate surface area is 99.2 Å². The molecular weight excluding hydrogens is 222 g/mol. The number of benzene rings is 1. The summed E-state index contributed by atoms with van der Waals surface area (Å²) in [6.07, 6.45) is 0. The van der Waals surface area contributed by atoms with Crippen LogP contribution in [0.3, 0.4) is 0 Å². The van der Waals surface area contributed by atoms with Crippen molar-refractivity contribution in [3.63, 3.8) is 0 Å². The van der Waals surface area contributed by atoms with E-state index in [1.807, 2.05) is 0 Å². The van der Waals surface area contributed by atoms with Crippen molar-refractivity contribution in [3.05, 3.63) is 23.8 Å². The Morgan fingerprint density at radius 1 is 1.24 bits per heavy atom. The highest BCUT2D eigenvalue weighted by Crippen LogP contribution is 2.22. The molecule has 1 aromatic carbocycles. The van der Waals surface area contributed by atoms with E-state index in [2.05, 4.69) is 0 Å². The Hall–Kier alpha value is -2.24. The van der Waals surface area contributed by atoms with Crippen LogP contribution in [0.1, 0.15) is 10.4 Å². The van der Waals surface area contributed by atoms with Crippen molar-refractivity contribution >= 4 is 23.4 Å². The number of carboxylic acid groups (broad SMARTS) is 1. The lowest BCUT2D eigenvalue weighted by Crippen LogP contribution is -2.37. The number of nitrogen functional groups attached to an aromatic ring is 1. The van der Waals surface area contributed by atoms with Gasteiger partial charge >= 0.3 is 12.0 Å². The molecule has 0 spiro atoms. The maximum Gasteiger partial charge on any atom is 0.337 e. The number of carboxylic acids is 1. The molecule has 2 amide bonds. The van der Waals surface area contributed by atoms with Gasteiger partial charge in [0.15, 0.2) is 0 Å². The zero-order valence-electron chi connectivity index (χ0n) is 9.97. The van der Waals surface area contributed by atoms with Crippen molar-refractivity contribution in [2.24, 2.45) is 0 Å². The predicted molar refractivity (Wildman–Crippen MR) is 65.3 cm³/mol. The van der Waals surface area contributed by atoms with Crippen LogP contribution in [0.25, 0.3) is 0 Å². The van der Waals surface area contributed by atoms with E-state index in [1.54, 1.807) is 20.2 Å². The number of carbonyl (C=O) groups excluding carboxylic acids is 1. The standard InChI is InChI=1S/C11H15N3O3/c1-13(2)11(17)14(3)9-5-4-7(12)6-8(9)10(15)16/h4-6H,12H2,1-3H3,(H,15,16). The fourth-order valence-corrected chi connectivity index (χ4v) is 1.42. The highest BCUT2D eigenvalue weighted by molar-refractivity contribution is 6.01. The van der Waals surface area contributed by atoms with Crippen LogP contribution < -0.4 is 10.6 Å². The van der Waals surface area contributed by atoms with Crippen LogP contribution in [0, 0.1) is 0 Å². The van der Waals surface area contributed by atoms with E-state index in [0.717, 1.165) is 0 Å². The fraction of sp³-hybridized carbons (Fsp3) is 0.273. The first-order chi connectivity index (χ1) is 7.84. The summed E-state index contributed by atoms with van der Waals surface area (Å²) in [5, 5.41) is 9.05. The van der Waals surface area contributed by atoms with Crippen molar-refractivity contribution in [1.29, 1.82) is 0 Å². The number of nitrogens with zero attached hydrogens (tertiary/aromatic N) is 2. The molecular formula is C11H15N3O3. The highest BCUT2D eigenvalue weighted by Gasteiger charge is 2.19. The van der Waals surface area contributed by atoms with Crippen LogP contribution in [0.5, 0.6) is 0 Å². The van der Waals surface area contributed by atoms with E-state index in [4.69, 9.17) is 10.8 Å². The van der Waals surface area contributed by atoms with Crippen LogP contribution in [0.15, 0.2) is 18.2 Å². The van der Waals surface area contributed by atoms with Crippen LogP contribution in [0.4, 0.5) is 16.2 Å². The highest BCUT2D eigenvalue weighted by atomic mass is 16.4. The molecule has 0 aliphatic heterocycles. The van der Waals surface area contributed by atoms with E-state index in [-0.39, 0.29) is 11.6 Å². The van der Waals surface area contributed by atoms with Crippen molar-refractivity contribution < 1.29 is 14.7 Å². The molecule has 1 rings (SSSR count). The van der Waals surface area contributed by atoms with Crippen LogP contribution in [0.2, 0.25) is 0 Å². The first-order valence-electron chi connectivity index (χ1n) is 4.92. The van der Waals surface area contributed by atoms with E-state index in [9.17, 15) is 9.59 Å². The first kappa shape index (κ1) is 12.8. The summed E-state index contributed by atoms with van der Waals surface area (Å²) in [5.41, 5.74) is 6.18. The molecule has 6 heteroatoms. The number of rotatable bonds is 2. The van der Waals surface area contributed by atoms with E-state index < -0.39 is 5.97 Å². The second-order valence-corrected chi connectivity index (χ2v) is 3.82. The van der Waals surface area contributed by atoms with Gasteiger partial charge < -0.3 is 15.7 Å². The summed E-state index contributed by atoms with van der Waals surface area (Å²) in [5.74, 6) is -1.12. The number of aromatic carboxylic acids is 1. The Morgan fingerprint density at radius 3 is 2.29 bits per heavy atom. The zero-order chi connectivity index (χ0) is 13.2. The minimum atomic E-state index is -1.12. The second-order valence-electron chi connectivity index (χ2n) is 3.82. The molecule has 0 aliphatic rings. The van der Waals surface area contributed by atoms with Gasteiger partial charge in [-0.2, -0.15) is 0 Å². The number of amides is 2. The van der Waals surface area contributed by atoms with E-state index >= 15 is 0 Å². The average molecular weight is 237 g/mol. The minimum absolute atomic E-state index is 0.00250. The Kier molecular flexibility index (Phi) is 3.57. The molecule has 0 fully saturated rings. The summed E-state index contributed by atoms with van der Waals surface area (Å²) in [4.78, 5) is 25.4. The minimum Gasteiger partial charge on any atom is -0.478 e. The van der Waals surface area contributed by atoms with Crippen LogP contribution in [-0.2, 0) is 0 Å². The third-order valence-electron chi connectivity index (χ3n) is 2.28. The van der Waals surface area contributed by atoms with Gasteiger partial charge in [0.2, 0.25) is 0 Å². The van der Waals surface area contributed by atoms with Crippen LogP contribution >= 0.6 is 0 Å². The molecule has 6 nitrogen and oxygen atoms in total. The monoisotopic (exact) mass is 237 g/mol. The largest absolute Gasteiger partial charge is 0.478 e. The molecule has 0 saturated heterocycles. The number of nitrogens with two attached hydrogens (primary N) is 1. The van der Waals surface area contributed by atoms with Gasteiger partial charge in [-0.1, -0.05) is 0 Å². The molecule has 17 heavy (non-hydrogen) atoms. The number of urea groups is 1. The smallest absolute Gasteiger partial charge is 0.337 e. The van der Waals surface area contributed by atoms with Crippen LogP contribution in [-0.4, -0.2) is 43.1 Å². The lowest BCUT2D eigenvalue weighted by Gasteiger charge is -2.23. The molecule has 0 aliphatic carbocycles. The third kappa shape index (κ3) is 2.66. The van der Waals surface area contributed by atoms with Gasteiger partial charge in [0.1, 0.15) is 0 Å². The maximum absolute atomic E-state index is 11.7. The van der Waals surface area contributed by atoms with Gasteiger partial charge in [0.05, 0.1) is 11.3 Å². The number of hydrogen-bond donors (Lipinski definition) is 2. The molecule has 3 N–H and O–H groups in total. The molecule has 0 unspecified atom stereocenters. The van der Waals surface area contributed by atoms with Gasteiger partial charge in [0, 0.05) is 26.8 Å². The Balaban J connectivity index is 3.22. The summed E-state index contributed by atoms with van der Waals surface area (Å²) >= 11 is 0. The van der Waals surface area contributed by atoms with Gasteiger partial charge in [0.25, 0.3) is 0 Å². The van der Waals surface area contributed by atoms with Gasteiger partial charge in [-0.25, -0.2) is 9.59 Å². The quantitative estimate of drug-likeness (QED) is 0.753. The van der Waals surface area contributed by atoms with Gasteiger partial charge in [-0.15, -0.1) is 0 Å². The van der Waals surface area contributed by atoms with Crippen molar-refractivity contribution in [2.45, 2.75) is 0 Å². The molecule has 92 valence electrons. The normalized spacial score (nSPS) is 9.82.